The quantitative estimate of drug-likeness (QED) is 0.700. The summed E-state index contributed by atoms with van der Waals surface area (Å²) in [5, 5.41) is 2.38. The number of amides is 2. The van der Waals surface area contributed by atoms with Crippen LogP contribution < -0.4 is 15.0 Å². The van der Waals surface area contributed by atoms with Gasteiger partial charge in [-0.1, -0.05) is 12.1 Å². The van der Waals surface area contributed by atoms with Crippen LogP contribution in [0, 0.1) is 5.82 Å². The molecule has 0 radical (unpaired) electrons. The third-order valence-electron chi connectivity index (χ3n) is 5.01. The fourth-order valence-electron chi connectivity index (χ4n) is 3.13. The number of nitrogens with one attached hydrogen (secondary N) is 1. The Labute approximate surface area is 176 Å². The maximum absolute atomic E-state index is 13.6. The maximum Gasteiger partial charge on any atom is 0.416 e. The number of hydrogen-bond acceptors (Lipinski definition) is 4. The third-order valence-corrected chi connectivity index (χ3v) is 5.01. The van der Waals surface area contributed by atoms with Gasteiger partial charge in [-0.25, -0.2) is 4.39 Å². The van der Waals surface area contributed by atoms with Gasteiger partial charge in [0, 0.05) is 6.54 Å². The van der Waals surface area contributed by atoms with Gasteiger partial charge in [-0.2, -0.15) is 13.2 Å². The summed E-state index contributed by atoms with van der Waals surface area (Å²) < 4.78 is 57.9. The molecule has 1 aliphatic rings. The van der Waals surface area contributed by atoms with Gasteiger partial charge < -0.3 is 10.1 Å². The first-order chi connectivity index (χ1) is 14.6. The Hall–Kier alpha value is -3.14. The van der Waals surface area contributed by atoms with Gasteiger partial charge in [0.05, 0.1) is 23.0 Å². The summed E-state index contributed by atoms with van der Waals surface area (Å²) in [5.41, 5.74) is -0.797. The highest BCUT2D eigenvalue weighted by Gasteiger charge is 2.35. The number of likely N-dealkylation sites (N-methyl/N-ethyl adjacent to an activating group) is 1. The normalized spacial score (nSPS) is 14.8. The van der Waals surface area contributed by atoms with E-state index in [2.05, 4.69) is 5.32 Å². The Morgan fingerprint density at radius 3 is 2.65 bits per heavy atom. The van der Waals surface area contributed by atoms with Gasteiger partial charge in [0.25, 0.3) is 0 Å². The molecule has 166 valence electrons. The lowest BCUT2D eigenvalue weighted by atomic mass is 10.1. The molecule has 6 nitrogen and oxygen atoms in total. The molecule has 1 N–H and O–H groups in total. The van der Waals surface area contributed by atoms with Crippen molar-refractivity contribution in [2.24, 2.45) is 0 Å². The van der Waals surface area contributed by atoms with Crippen molar-refractivity contribution in [3.05, 3.63) is 53.8 Å². The summed E-state index contributed by atoms with van der Waals surface area (Å²) in [6, 6.07) is 8.08. The topological polar surface area (TPSA) is 61.9 Å². The average molecular weight is 439 g/mol. The van der Waals surface area contributed by atoms with E-state index in [1.54, 1.807) is 31.0 Å². The molecule has 0 saturated heterocycles. The molecule has 0 aromatic heterocycles. The Morgan fingerprint density at radius 1 is 1.26 bits per heavy atom. The first-order valence-corrected chi connectivity index (χ1v) is 9.48. The molecule has 2 aromatic carbocycles. The van der Waals surface area contributed by atoms with Crippen molar-refractivity contribution in [2.75, 3.05) is 37.0 Å². The van der Waals surface area contributed by atoms with Crippen molar-refractivity contribution in [3.8, 4) is 5.75 Å². The summed E-state index contributed by atoms with van der Waals surface area (Å²) in [7, 11) is 1.66. The van der Waals surface area contributed by atoms with Crippen molar-refractivity contribution in [1.82, 2.24) is 4.90 Å². The van der Waals surface area contributed by atoms with Crippen molar-refractivity contribution >= 4 is 23.2 Å². The fourth-order valence-corrected chi connectivity index (χ4v) is 3.13. The molecule has 0 bridgehead atoms. The first-order valence-electron chi connectivity index (χ1n) is 9.48. The zero-order valence-electron chi connectivity index (χ0n) is 16.9. The fraction of sp³-hybridized carbons (Fsp3) is 0.333. The average Bonchev–Trinajstić information content (AvgIpc) is 2.72. The molecular weight excluding hydrogens is 418 g/mol. The van der Waals surface area contributed by atoms with Crippen molar-refractivity contribution in [3.63, 3.8) is 0 Å². The largest absolute Gasteiger partial charge is 0.489 e. The number of nitrogens with zero attached hydrogens (tertiary/aromatic N) is 2. The second-order valence-electron chi connectivity index (χ2n) is 7.14. The van der Waals surface area contributed by atoms with Gasteiger partial charge in [-0.05, 0) is 44.3 Å². The van der Waals surface area contributed by atoms with Crippen molar-refractivity contribution < 1.29 is 31.9 Å². The van der Waals surface area contributed by atoms with E-state index >= 15 is 0 Å². The molecule has 2 amide bonds. The minimum atomic E-state index is -4.57. The highest BCUT2D eigenvalue weighted by Crippen LogP contribution is 2.37. The molecule has 3 rings (SSSR count). The number of hydrogen-bond donors (Lipinski definition) is 1. The zero-order valence-corrected chi connectivity index (χ0v) is 16.9. The monoisotopic (exact) mass is 439 g/mol. The van der Waals surface area contributed by atoms with Crippen LogP contribution in [0.4, 0.5) is 28.9 Å². The lowest BCUT2D eigenvalue weighted by Crippen LogP contribution is -2.51. The highest BCUT2D eigenvalue weighted by molar-refractivity contribution is 6.11. The predicted molar refractivity (Wildman–Crippen MR) is 106 cm³/mol. The number of fused-ring (bicyclic) bond motifs is 1. The van der Waals surface area contributed by atoms with Crippen LogP contribution in [0.2, 0.25) is 0 Å². The Bertz CT molecular complexity index is 981. The van der Waals surface area contributed by atoms with E-state index in [-0.39, 0.29) is 36.8 Å². The number of carbonyl (C=O) groups is 2. The molecule has 10 heteroatoms. The van der Waals surface area contributed by atoms with E-state index in [9.17, 15) is 27.2 Å². The second-order valence-corrected chi connectivity index (χ2v) is 7.14. The number of halogens is 4. The number of ether oxygens (including phenoxy) is 1. The van der Waals surface area contributed by atoms with Crippen LogP contribution in [0.25, 0.3) is 0 Å². The van der Waals surface area contributed by atoms with E-state index in [1.165, 1.54) is 18.2 Å². The summed E-state index contributed by atoms with van der Waals surface area (Å²) in [6.07, 6.45) is -4.57. The number of carbonyl (C=O) groups excluding carboxylic acids is 2. The van der Waals surface area contributed by atoms with Crippen LogP contribution in [-0.4, -0.2) is 49.5 Å². The van der Waals surface area contributed by atoms with E-state index in [1.807, 2.05) is 0 Å². The van der Waals surface area contributed by atoms with Gasteiger partial charge in [0.2, 0.25) is 11.8 Å². The molecule has 0 fully saturated rings. The van der Waals surface area contributed by atoms with Crippen LogP contribution in [0.15, 0.2) is 42.5 Å². The lowest BCUT2D eigenvalue weighted by Gasteiger charge is -2.34. The van der Waals surface area contributed by atoms with E-state index in [4.69, 9.17) is 4.74 Å². The third kappa shape index (κ3) is 5.13. The summed E-state index contributed by atoms with van der Waals surface area (Å²) >= 11 is 0. The molecule has 0 saturated carbocycles. The Kier molecular flexibility index (Phi) is 6.49. The standard InChI is InChI=1S/C21H21F4N3O3/c1-13(27(2)9-10-31-18-6-4-3-5-15(18)22)20(30)28-12-19(29)26-16-11-14(21(23,24)25)7-8-17(16)28/h3-8,11,13H,9-10,12H2,1-2H3,(H,26,29). The summed E-state index contributed by atoms with van der Waals surface area (Å²) in [5.74, 6) is -1.44. The molecule has 1 aliphatic heterocycles. The number of alkyl halides is 3. The van der Waals surface area contributed by atoms with Crippen LogP contribution in [0.3, 0.4) is 0 Å². The van der Waals surface area contributed by atoms with Gasteiger partial charge >= 0.3 is 6.18 Å². The maximum atomic E-state index is 13.6. The molecule has 1 atom stereocenters. The van der Waals surface area contributed by atoms with Gasteiger partial charge in [0.1, 0.15) is 13.2 Å². The first kappa shape index (κ1) is 22.5. The number of anilines is 2. The van der Waals surface area contributed by atoms with Gasteiger partial charge in [-0.15, -0.1) is 0 Å². The summed E-state index contributed by atoms with van der Waals surface area (Å²) in [6.45, 7) is 1.70. The van der Waals surface area contributed by atoms with Crippen LogP contribution in [-0.2, 0) is 15.8 Å². The Balaban J connectivity index is 1.69. The molecule has 31 heavy (non-hydrogen) atoms. The van der Waals surface area contributed by atoms with Crippen LogP contribution in [0.5, 0.6) is 5.75 Å². The molecule has 1 unspecified atom stereocenters. The zero-order chi connectivity index (χ0) is 22.8. The van der Waals surface area contributed by atoms with Crippen molar-refractivity contribution in [2.45, 2.75) is 19.1 Å². The van der Waals surface area contributed by atoms with E-state index in [0.717, 1.165) is 17.0 Å². The van der Waals surface area contributed by atoms with E-state index in [0.29, 0.717) is 0 Å². The predicted octanol–water partition coefficient (Wildman–Crippen LogP) is 3.53. The smallest absolute Gasteiger partial charge is 0.416 e. The SMILES string of the molecule is CC(C(=O)N1CC(=O)Nc2cc(C(F)(F)F)ccc21)N(C)CCOc1ccccc1F. The van der Waals surface area contributed by atoms with Gasteiger partial charge in [0.15, 0.2) is 11.6 Å². The second kappa shape index (κ2) is 8.93. The number of rotatable bonds is 6. The molecule has 0 aliphatic carbocycles. The van der Waals surface area contributed by atoms with Gasteiger partial charge in [-0.3, -0.25) is 19.4 Å². The minimum absolute atomic E-state index is 0.0721. The molecular formula is C21H21F4N3O3. The molecule has 1 heterocycles. The van der Waals surface area contributed by atoms with E-state index < -0.39 is 35.4 Å². The van der Waals surface area contributed by atoms with Crippen LogP contribution >= 0.6 is 0 Å². The number of para-hydroxylation sites is 1. The highest BCUT2D eigenvalue weighted by atomic mass is 19.4. The summed E-state index contributed by atoms with van der Waals surface area (Å²) in [4.78, 5) is 27.8. The molecule has 0 spiro atoms. The number of benzene rings is 2. The van der Waals surface area contributed by atoms with Crippen molar-refractivity contribution in [1.29, 1.82) is 0 Å². The lowest BCUT2D eigenvalue weighted by molar-refractivity contribution is -0.137. The minimum Gasteiger partial charge on any atom is -0.489 e. The Morgan fingerprint density at radius 2 is 1.97 bits per heavy atom. The molecule has 2 aromatic rings. The van der Waals surface area contributed by atoms with Crippen LogP contribution in [0.1, 0.15) is 12.5 Å².